The van der Waals surface area contributed by atoms with E-state index in [4.69, 9.17) is 0 Å². The molecule has 0 unspecified atom stereocenters. The molecule has 1 aromatic carbocycles. The molecule has 2 aromatic rings. The highest BCUT2D eigenvalue weighted by Gasteiger charge is 2.06. The van der Waals surface area contributed by atoms with Crippen molar-refractivity contribution in [1.82, 2.24) is 10.3 Å². The summed E-state index contributed by atoms with van der Waals surface area (Å²) in [5, 5.41) is 6.72. The van der Waals surface area contributed by atoms with Crippen LogP contribution in [0, 0.1) is 6.92 Å². The van der Waals surface area contributed by atoms with Crippen molar-refractivity contribution < 1.29 is 0 Å². The van der Waals surface area contributed by atoms with Gasteiger partial charge in [0.25, 0.3) is 0 Å². The van der Waals surface area contributed by atoms with Gasteiger partial charge in [0.05, 0.1) is 12.2 Å². The Kier molecular flexibility index (Phi) is 5.56. The summed E-state index contributed by atoms with van der Waals surface area (Å²) in [5.74, 6) is 0. The second-order valence-corrected chi connectivity index (χ2v) is 6.04. The van der Waals surface area contributed by atoms with Gasteiger partial charge >= 0.3 is 0 Å². The summed E-state index contributed by atoms with van der Waals surface area (Å²) in [7, 11) is 2.11. The third kappa shape index (κ3) is 4.32. The minimum Gasteiger partial charge on any atom is -0.369 e. The van der Waals surface area contributed by atoms with Crippen molar-refractivity contribution in [2.45, 2.75) is 33.4 Å². The molecule has 0 bridgehead atoms. The Balaban J connectivity index is 1.91. The zero-order valence-electron chi connectivity index (χ0n) is 12.5. The van der Waals surface area contributed by atoms with Gasteiger partial charge in [0.15, 0.2) is 0 Å². The first-order valence-corrected chi connectivity index (χ1v) is 7.99. The summed E-state index contributed by atoms with van der Waals surface area (Å²) in [6.07, 6.45) is 1.16. The lowest BCUT2D eigenvalue weighted by molar-refractivity contribution is 0.670. The number of aryl methyl sites for hydroxylation is 1. The van der Waals surface area contributed by atoms with Gasteiger partial charge in [-0.05, 0) is 32.0 Å². The first kappa shape index (κ1) is 15.0. The maximum atomic E-state index is 4.68. The SMILES string of the molecule is CCCNCc1nc(CN(C)c2ccc(C)cc2)cs1. The van der Waals surface area contributed by atoms with E-state index in [1.165, 1.54) is 16.3 Å². The van der Waals surface area contributed by atoms with Crippen LogP contribution in [0.2, 0.25) is 0 Å². The molecule has 4 heteroatoms. The standard InChI is InChI=1S/C16H23N3S/c1-4-9-17-10-16-18-14(12-20-16)11-19(3)15-7-5-13(2)6-8-15/h5-8,12,17H,4,9-11H2,1-3H3. The summed E-state index contributed by atoms with van der Waals surface area (Å²) in [6.45, 7) is 7.08. The van der Waals surface area contributed by atoms with E-state index >= 15 is 0 Å². The largest absolute Gasteiger partial charge is 0.369 e. The number of aromatic nitrogens is 1. The van der Waals surface area contributed by atoms with E-state index in [-0.39, 0.29) is 0 Å². The van der Waals surface area contributed by atoms with Crippen LogP contribution in [0.1, 0.15) is 29.6 Å². The Bertz CT molecular complexity index is 519. The molecule has 0 aliphatic carbocycles. The van der Waals surface area contributed by atoms with Gasteiger partial charge in [-0.25, -0.2) is 4.98 Å². The zero-order valence-corrected chi connectivity index (χ0v) is 13.3. The Labute approximate surface area is 125 Å². The normalized spacial score (nSPS) is 10.8. The van der Waals surface area contributed by atoms with E-state index in [1.807, 2.05) is 0 Å². The lowest BCUT2D eigenvalue weighted by Gasteiger charge is -2.18. The quantitative estimate of drug-likeness (QED) is 0.790. The minimum absolute atomic E-state index is 0.855. The second-order valence-electron chi connectivity index (χ2n) is 5.10. The van der Waals surface area contributed by atoms with Gasteiger partial charge in [-0.1, -0.05) is 24.6 Å². The molecule has 1 heterocycles. The van der Waals surface area contributed by atoms with Gasteiger partial charge in [0, 0.05) is 24.7 Å². The first-order chi connectivity index (χ1) is 9.69. The van der Waals surface area contributed by atoms with E-state index < -0.39 is 0 Å². The molecule has 0 radical (unpaired) electrons. The second kappa shape index (κ2) is 7.41. The van der Waals surface area contributed by atoms with E-state index in [2.05, 4.69) is 65.7 Å². The van der Waals surface area contributed by atoms with E-state index in [0.717, 1.165) is 31.7 Å². The van der Waals surface area contributed by atoms with Crippen LogP contribution in [-0.4, -0.2) is 18.6 Å². The fraction of sp³-hybridized carbons (Fsp3) is 0.438. The topological polar surface area (TPSA) is 28.2 Å². The molecule has 0 amide bonds. The number of benzene rings is 1. The summed E-state index contributed by atoms with van der Waals surface area (Å²) >= 11 is 1.74. The number of thiazole rings is 1. The maximum absolute atomic E-state index is 4.68. The molecule has 108 valence electrons. The van der Waals surface area contributed by atoms with Crippen LogP contribution in [0.5, 0.6) is 0 Å². The van der Waals surface area contributed by atoms with E-state index in [1.54, 1.807) is 11.3 Å². The summed E-state index contributed by atoms with van der Waals surface area (Å²) in [4.78, 5) is 6.91. The van der Waals surface area contributed by atoms with Crippen LogP contribution < -0.4 is 10.2 Å². The molecule has 2 rings (SSSR count). The van der Waals surface area contributed by atoms with Crippen molar-refractivity contribution in [3.63, 3.8) is 0 Å². The van der Waals surface area contributed by atoms with Crippen LogP contribution in [-0.2, 0) is 13.1 Å². The minimum atomic E-state index is 0.855. The molecule has 0 spiro atoms. The van der Waals surface area contributed by atoms with Gasteiger partial charge in [-0.15, -0.1) is 11.3 Å². The fourth-order valence-electron chi connectivity index (χ4n) is 2.01. The third-order valence-electron chi connectivity index (χ3n) is 3.18. The molecule has 0 fully saturated rings. The summed E-state index contributed by atoms with van der Waals surface area (Å²) in [5.41, 5.74) is 3.67. The van der Waals surface area contributed by atoms with Crippen molar-refractivity contribution >= 4 is 17.0 Å². The average Bonchev–Trinajstić information content (AvgIpc) is 2.87. The molecule has 0 saturated carbocycles. The maximum Gasteiger partial charge on any atom is 0.107 e. The van der Waals surface area contributed by atoms with Crippen LogP contribution in [0.25, 0.3) is 0 Å². The predicted octanol–water partition coefficient (Wildman–Crippen LogP) is 3.59. The lowest BCUT2D eigenvalue weighted by atomic mass is 10.2. The highest BCUT2D eigenvalue weighted by molar-refractivity contribution is 7.09. The Morgan fingerprint density at radius 2 is 2.00 bits per heavy atom. The van der Waals surface area contributed by atoms with Crippen LogP contribution in [0.3, 0.4) is 0 Å². The van der Waals surface area contributed by atoms with Crippen molar-refractivity contribution in [3.05, 3.63) is 45.9 Å². The highest BCUT2D eigenvalue weighted by Crippen LogP contribution is 2.17. The molecule has 20 heavy (non-hydrogen) atoms. The number of rotatable bonds is 7. The fourth-order valence-corrected chi connectivity index (χ4v) is 2.76. The van der Waals surface area contributed by atoms with E-state index in [9.17, 15) is 0 Å². The van der Waals surface area contributed by atoms with Crippen molar-refractivity contribution in [2.75, 3.05) is 18.5 Å². The third-order valence-corrected chi connectivity index (χ3v) is 4.07. The average molecular weight is 289 g/mol. The lowest BCUT2D eigenvalue weighted by Crippen LogP contribution is -2.17. The molecule has 0 aliphatic rings. The zero-order chi connectivity index (χ0) is 14.4. The van der Waals surface area contributed by atoms with Gasteiger partial charge < -0.3 is 10.2 Å². The summed E-state index contributed by atoms with van der Waals surface area (Å²) < 4.78 is 0. The molecule has 0 aliphatic heterocycles. The van der Waals surface area contributed by atoms with Gasteiger partial charge in [0.1, 0.15) is 5.01 Å². The van der Waals surface area contributed by atoms with Crippen LogP contribution in [0.15, 0.2) is 29.6 Å². The molecule has 0 saturated heterocycles. The van der Waals surface area contributed by atoms with Crippen molar-refractivity contribution in [3.8, 4) is 0 Å². The van der Waals surface area contributed by atoms with Gasteiger partial charge in [0.2, 0.25) is 0 Å². The number of anilines is 1. The Morgan fingerprint density at radius 1 is 1.25 bits per heavy atom. The predicted molar refractivity (Wildman–Crippen MR) is 87.4 cm³/mol. The number of nitrogens with one attached hydrogen (secondary N) is 1. The first-order valence-electron chi connectivity index (χ1n) is 7.11. The van der Waals surface area contributed by atoms with Gasteiger partial charge in [-0.2, -0.15) is 0 Å². The number of hydrogen-bond acceptors (Lipinski definition) is 4. The summed E-state index contributed by atoms with van der Waals surface area (Å²) in [6, 6.07) is 8.61. The number of hydrogen-bond donors (Lipinski definition) is 1. The monoisotopic (exact) mass is 289 g/mol. The molecule has 3 nitrogen and oxygen atoms in total. The molecular formula is C16H23N3S. The number of nitrogens with zero attached hydrogens (tertiary/aromatic N) is 2. The molecule has 1 aromatic heterocycles. The van der Waals surface area contributed by atoms with Crippen LogP contribution >= 0.6 is 11.3 Å². The highest BCUT2D eigenvalue weighted by atomic mass is 32.1. The van der Waals surface area contributed by atoms with Gasteiger partial charge in [-0.3, -0.25) is 0 Å². The van der Waals surface area contributed by atoms with Crippen LogP contribution in [0.4, 0.5) is 5.69 Å². The Morgan fingerprint density at radius 3 is 2.70 bits per heavy atom. The molecule has 1 N–H and O–H groups in total. The van der Waals surface area contributed by atoms with Crippen molar-refractivity contribution in [2.24, 2.45) is 0 Å². The smallest absolute Gasteiger partial charge is 0.107 e. The molecular weight excluding hydrogens is 266 g/mol. The van der Waals surface area contributed by atoms with Crippen molar-refractivity contribution in [1.29, 1.82) is 0 Å². The Hall–Kier alpha value is -1.39. The van der Waals surface area contributed by atoms with E-state index in [0.29, 0.717) is 0 Å². The molecule has 0 atom stereocenters.